The van der Waals surface area contributed by atoms with Gasteiger partial charge in [-0.3, -0.25) is 0 Å². The number of hydrogen-bond acceptors (Lipinski definition) is 2. The maximum absolute atomic E-state index is 10.1. The molecule has 2 atom stereocenters. The lowest BCUT2D eigenvalue weighted by Crippen LogP contribution is -2.28. The van der Waals surface area contributed by atoms with E-state index in [1.54, 1.807) is 6.92 Å². The van der Waals surface area contributed by atoms with E-state index in [0.29, 0.717) is 0 Å². The Morgan fingerprint density at radius 2 is 2.12 bits per heavy atom. The Kier molecular flexibility index (Phi) is 2.59. The number of aliphatic hydroxyl groups is 1. The van der Waals surface area contributed by atoms with Gasteiger partial charge in [0.1, 0.15) is 0 Å². The van der Waals surface area contributed by atoms with Crippen molar-refractivity contribution >= 4 is 11.1 Å². The van der Waals surface area contributed by atoms with E-state index in [2.05, 4.69) is 0 Å². The van der Waals surface area contributed by atoms with E-state index in [0.717, 1.165) is 0 Å². The first-order valence-corrected chi connectivity index (χ1v) is 3.44. The van der Waals surface area contributed by atoms with Crippen LogP contribution in [0.4, 0.5) is 0 Å². The van der Waals surface area contributed by atoms with Crippen LogP contribution in [0, 0.1) is 0 Å². The Morgan fingerprint density at radius 1 is 1.75 bits per heavy atom. The molecule has 0 amide bonds. The van der Waals surface area contributed by atoms with Crippen LogP contribution in [0.1, 0.15) is 20.3 Å². The Hall–Kier alpha value is 0.0700. The van der Waals surface area contributed by atoms with Gasteiger partial charge in [-0.25, -0.2) is 4.21 Å². The highest BCUT2D eigenvalue weighted by Gasteiger charge is 2.23. The molecule has 2 N–H and O–H groups in total. The average molecular weight is 138 g/mol. The second kappa shape index (κ2) is 2.57. The molecule has 0 fully saturated rings. The molecule has 0 aromatic rings. The molecule has 0 bridgehead atoms. The van der Waals surface area contributed by atoms with Crippen LogP contribution in [-0.4, -0.2) is 18.8 Å². The quantitative estimate of drug-likeness (QED) is 0.540. The van der Waals surface area contributed by atoms with Gasteiger partial charge in [-0.2, -0.15) is 0 Å². The standard InChI is InChI=1S/C4H10O3S/c1-3-4(2,5)8(6)7/h5H,3H2,1-2H3,(H,6,7). The van der Waals surface area contributed by atoms with E-state index in [1.807, 2.05) is 0 Å². The topological polar surface area (TPSA) is 57.5 Å². The summed E-state index contributed by atoms with van der Waals surface area (Å²) in [5.41, 5.74) is 0. The highest BCUT2D eigenvalue weighted by molar-refractivity contribution is 7.80. The lowest BCUT2D eigenvalue weighted by molar-refractivity contribution is 0.138. The van der Waals surface area contributed by atoms with Gasteiger partial charge < -0.3 is 9.66 Å². The molecule has 0 saturated carbocycles. The molecule has 0 aliphatic rings. The van der Waals surface area contributed by atoms with Crippen molar-refractivity contribution in [3.8, 4) is 0 Å². The summed E-state index contributed by atoms with van der Waals surface area (Å²) in [4.78, 5) is -1.43. The Morgan fingerprint density at radius 3 is 2.12 bits per heavy atom. The smallest absolute Gasteiger partial charge is 0.185 e. The summed E-state index contributed by atoms with van der Waals surface area (Å²) >= 11 is -2.12. The largest absolute Gasteiger partial charge is 0.375 e. The van der Waals surface area contributed by atoms with Gasteiger partial charge in [-0.1, -0.05) is 6.92 Å². The highest BCUT2D eigenvalue weighted by atomic mass is 32.2. The molecular weight excluding hydrogens is 128 g/mol. The first kappa shape index (κ1) is 8.07. The Labute approximate surface area is 51.0 Å². The average Bonchev–Trinajstić information content (AvgIpc) is 1.67. The van der Waals surface area contributed by atoms with Gasteiger partial charge in [0.05, 0.1) is 0 Å². The molecule has 0 heterocycles. The summed E-state index contributed by atoms with van der Waals surface area (Å²) in [7, 11) is 0. The van der Waals surface area contributed by atoms with Crippen LogP contribution in [0.2, 0.25) is 0 Å². The molecule has 0 aromatic heterocycles. The molecule has 50 valence electrons. The van der Waals surface area contributed by atoms with Gasteiger partial charge in [0.25, 0.3) is 0 Å². The van der Waals surface area contributed by atoms with Gasteiger partial charge >= 0.3 is 0 Å². The predicted octanol–water partition coefficient (Wildman–Crippen LogP) is 0.327. The van der Waals surface area contributed by atoms with Gasteiger partial charge in [0, 0.05) is 0 Å². The van der Waals surface area contributed by atoms with Crippen molar-refractivity contribution in [3.63, 3.8) is 0 Å². The molecule has 8 heavy (non-hydrogen) atoms. The fraction of sp³-hybridized carbons (Fsp3) is 1.00. The number of hydrogen-bond donors (Lipinski definition) is 2. The Bertz CT molecular complexity index is 99.5. The van der Waals surface area contributed by atoms with Gasteiger partial charge in [-0.15, -0.1) is 0 Å². The van der Waals surface area contributed by atoms with Crippen LogP contribution in [0.3, 0.4) is 0 Å². The summed E-state index contributed by atoms with van der Waals surface area (Å²) in [5, 5.41) is 8.85. The summed E-state index contributed by atoms with van der Waals surface area (Å²) in [6.07, 6.45) is 0.288. The second-order valence-electron chi connectivity index (χ2n) is 1.78. The molecule has 0 aliphatic heterocycles. The monoisotopic (exact) mass is 138 g/mol. The molecular formula is C4H10O3S. The molecule has 0 aromatic carbocycles. The number of rotatable bonds is 2. The van der Waals surface area contributed by atoms with E-state index in [1.165, 1.54) is 6.92 Å². The van der Waals surface area contributed by atoms with Crippen molar-refractivity contribution in [2.24, 2.45) is 0 Å². The molecule has 0 rings (SSSR count). The van der Waals surface area contributed by atoms with Crippen LogP contribution < -0.4 is 0 Å². The molecule has 2 unspecified atom stereocenters. The van der Waals surface area contributed by atoms with Crippen LogP contribution in [0.5, 0.6) is 0 Å². The van der Waals surface area contributed by atoms with Gasteiger partial charge in [0.15, 0.2) is 16.0 Å². The zero-order chi connectivity index (χ0) is 6.78. The van der Waals surface area contributed by atoms with Crippen molar-refractivity contribution < 1.29 is 13.9 Å². The lowest BCUT2D eigenvalue weighted by atomic mass is 10.3. The third-order valence-electron chi connectivity index (χ3n) is 1.03. The normalized spacial score (nSPS) is 22.0. The van der Waals surface area contributed by atoms with Crippen molar-refractivity contribution in [2.45, 2.75) is 25.2 Å². The third kappa shape index (κ3) is 1.90. The summed E-state index contributed by atoms with van der Waals surface area (Å²) < 4.78 is 18.4. The maximum atomic E-state index is 10.1. The van der Waals surface area contributed by atoms with Gasteiger partial charge in [0.2, 0.25) is 0 Å². The van der Waals surface area contributed by atoms with E-state index >= 15 is 0 Å². The van der Waals surface area contributed by atoms with Crippen LogP contribution in [0.15, 0.2) is 0 Å². The molecule has 0 saturated heterocycles. The summed E-state index contributed by atoms with van der Waals surface area (Å²) in [6.45, 7) is 2.97. The first-order chi connectivity index (χ1) is 3.50. The zero-order valence-corrected chi connectivity index (χ0v) is 5.73. The van der Waals surface area contributed by atoms with Crippen molar-refractivity contribution in [1.29, 1.82) is 0 Å². The first-order valence-electron chi connectivity index (χ1n) is 2.34. The molecule has 0 spiro atoms. The van der Waals surface area contributed by atoms with Crippen molar-refractivity contribution in [1.82, 2.24) is 0 Å². The second-order valence-corrected chi connectivity index (χ2v) is 3.16. The minimum Gasteiger partial charge on any atom is -0.375 e. The fourth-order valence-corrected chi connectivity index (χ4v) is 0.370. The molecule has 3 nitrogen and oxygen atoms in total. The predicted molar refractivity (Wildman–Crippen MR) is 31.7 cm³/mol. The summed E-state index contributed by atoms with van der Waals surface area (Å²) in [5.74, 6) is 0. The van der Waals surface area contributed by atoms with E-state index in [-0.39, 0.29) is 6.42 Å². The molecule has 0 aliphatic carbocycles. The maximum Gasteiger partial charge on any atom is 0.185 e. The van der Waals surface area contributed by atoms with E-state index < -0.39 is 16.0 Å². The van der Waals surface area contributed by atoms with Gasteiger partial charge in [-0.05, 0) is 13.3 Å². The fourth-order valence-electron chi connectivity index (χ4n) is 0.123. The van der Waals surface area contributed by atoms with E-state index in [4.69, 9.17) is 9.66 Å². The van der Waals surface area contributed by atoms with Crippen LogP contribution in [0.25, 0.3) is 0 Å². The SMILES string of the molecule is CCC(C)(O)S(=O)O. The van der Waals surface area contributed by atoms with Crippen molar-refractivity contribution in [3.05, 3.63) is 0 Å². The van der Waals surface area contributed by atoms with E-state index in [9.17, 15) is 4.21 Å². The minimum absolute atomic E-state index is 0.288. The Balaban J connectivity index is 3.91. The molecule has 0 radical (unpaired) electrons. The minimum atomic E-state index is -2.12. The lowest BCUT2D eigenvalue weighted by Gasteiger charge is -2.14. The van der Waals surface area contributed by atoms with Crippen molar-refractivity contribution in [2.75, 3.05) is 0 Å². The van der Waals surface area contributed by atoms with Crippen LogP contribution >= 0.6 is 0 Å². The third-order valence-corrected chi connectivity index (χ3v) is 2.07. The van der Waals surface area contributed by atoms with Crippen LogP contribution in [-0.2, 0) is 11.1 Å². The molecule has 4 heteroatoms. The highest BCUT2D eigenvalue weighted by Crippen LogP contribution is 2.10. The zero-order valence-electron chi connectivity index (χ0n) is 4.92. The summed E-state index contributed by atoms with van der Waals surface area (Å²) in [6, 6.07) is 0.